The summed E-state index contributed by atoms with van der Waals surface area (Å²) in [5.41, 5.74) is 1.94. The lowest BCUT2D eigenvalue weighted by Crippen LogP contribution is -2.38. The second-order valence-corrected chi connectivity index (χ2v) is 8.60. The Hall–Kier alpha value is -2.10. The Morgan fingerprint density at radius 1 is 1.19 bits per heavy atom. The predicted octanol–water partition coefficient (Wildman–Crippen LogP) is 5.96. The highest BCUT2D eigenvalue weighted by Gasteiger charge is 2.37. The number of anilines is 1. The van der Waals surface area contributed by atoms with E-state index in [0.29, 0.717) is 6.42 Å². The van der Waals surface area contributed by atoms with Gasteiger partial charge >= 0.3 is 0 Å². The molecule has 146 valence electrons. The van der Waals surface area contributed by atoms with E-state index in [4.69, 9.17) is 0 Å². The van der Waals surface area contributed by atoms with Gasteiger partial charge in [0.05, 0.1) is 23.3 Å². The van der Waals surface area contributed by atoms with Gasteiger partial charge in [-0.1, -0.05) is 70.4 Å². The molecule has 0 radical (unpaired) electrons. The minimum atomic E-state index is -0.142. The van der Waals surface area contributed by atoms with Gasteiger partial charge < -0.3 is 5.32 Å². The summed E-state index contributed by atoms with van der Waals surface area (Å²) >= 11 is 0. The van der Waals surface area contributed by atoms with E-state index in [-0.39, 0.29) is 22.8 Å². The number of Topliss-reactive ketones (excluding diaryl/α,β-unsaturated/α-hetero) is 1. The van der Waals surface area contributed by atoms with Crippen molar-refractivity contribution in [2.24, 2.45) is 5.41 Å². The Bertz CT molecular complexity index is 779. The molecule has 1 aromatic heterocycles. The Labute approximate surface area is 163 Å². The van der Waals surface area contributed by atoms with Crippen molar-refractivity contribution in [3.8, 4) is 0 Å². The van der Waals surface area contributed by atoms with Gasteiger partial charge in [0.2, 0.25) is 0 Å². The monoisotopic (exact) mass is 367 g/mol. The number of hydrogen-bond donors (Lipinski definition) is 1. The molecule has 0 spiro atoms. The second kappa shape index (κ2) is 7.49. The van der Waals surface area contributed by atoms with Crippen LogP contribution in [-0.4, -0.2) is 15.6 Å². The van der Waals surface area contributed by atoms with Crippen molar-refractivity contribution in [2.75, 3.05) is 5.32 Å². The van der Waals surface area contributed by atoms with Crippen molar-refractivity contribution in [1.82, 2.24) is 9.78 Å². The topological polar surface area (TPSA) is 46.9 Å². The number of benzene rings is 1. The number of nitrogens with zero attached hydrogens (tertiary/aromatic N) is 2. The van der Waals surface area contributed by atoms with Gasteiger partial charge in [0.1, 0.15) is 5.82 Å². The summed E-state index contributed by atoms with van der Waals surface area (Å²) < 4.78 is 2.01. The second-order valence-electron chi connectivity index (χ2n) is 8.60. The molecule has 2 aromatic rings. The van der Waals surface area contributed by atoms with Crippen molar-refractivity contribution in [3.05, 3.63) is 47.7 Å². The molecule has 4 nitrogen and oxygen atoms in total. The molecule has 2 heterocycles. The van der Waals surface area contributed by atoms with Crippen molar-refractivity contribution in [1.29, 1.82) is 0 Å². The van der Waals surface area contributed by atoms with Crippen LogP contribution in [-0.2, 0) is 5.54 Å². The van der Waals surface area contributed by atoms with Gasteiger partial charge in [0, 0.05) is 6.42 Å². The van der Waals surface area contributed by atoms with Crippen molar-refractivity contribution in [2.45, 2.75) is 78.3 Å². The molecule has 4 heteroatoms. The average Bonchev–Trinajstić information content (AvgIpc) is 3.12. The summed E-state index contributed by atoms with van der Waals surface area (Å²) in [6.07, 6.45) is 6.38. The molecule has 1 atom stereocenters. The average molecular weight is 368 g/mol. The summed E-state index contributed by atoms with van der Waals surface area (Å²) in [5.74, 6) is 1.08. The van der Waals surface area contributed by atoms with E-state index in [1.807, 2.05) is 10.7 Å². The summed E-state index contributed by atoms with van der Waals surface area (Å²) in [5, 5.41) is 8.22. The van der Waals surface area contributed by atoms with Crippen LogP contribution in [0, 0.1) is 5.41 Å². The highest BCUT2D eigenvalue weighted by molar-refractivity contribution is 6.01. The molecule has 1 N–H and O–H groups in total. The van der Waals surface area contributed by atoms with Gasteiger partial charge in [0.15, 0.2) is 5.78 Å². The minimum absolute atomic E-state index is 0.0922. The largest absolute Gasteiger partial charge is 0.363 e. The van der Waals surface area contributed by atoms with Crippen molar-refractivity contribution < 1.29 is 4.79 Å². The fourth-order valence-electron chi connectivity index (χ4n) is 4.40. The maximum atomic E-state index is 13.2. The molecule has 0 amide bonds. The summed E-state index contributed by atoms with van der Waals surface area (Å²) in [6.45, 7) is 11.0. The maximum Gasteiger partial charge on any atom is 0.168 e. The minimum Gasteiger partial charge on any atom is -0.363 e. The molecule has 0 aliphatic carbocycles. The van der Waals surface area contributed by atoms with Crippen LogP contribution in [0.15, 0.2) is 36.5 Å². The molecule has 0 saturated heterocycles. The van der Waals surface area contributed by atoms with Crippen LogP contribution >= 0.6 is 0 Å². The zero-order chi connectivity index (χ0) is 19.7. The van der Waals surface area contributed by atoms with Gasteiger partial charge in [-0.3, -0.25) is 4.79 Å². The Morgan fingerprint density at radius 2 is 1.81 bits per heavy atom. The van der Waals surface area contributed by atoms with Crippen LogP contribution in [0.25, 0.3) is 0 Å². The fraction of sp³-hybridized carbons (Fsp3) is 0.565. The number of ketones is 1. The molecule has 0 fully saturated rings. The molecule has 0 bridgehead atoms. The van der Waals surface area contributed by atoms with Gasteiger partial charge in [-0.2, -0.15) is 5.10 Å². The van der Waals surface area contributed by atoms with E-state index in [9.17, 15) is 4.79 Å². The van der Waals surface area contributed by atoms with E-state index in [1.54, 1.807) is 6.20 Å². The van der Waals surface area contributed by atoms with E-state index in [0.717, 1.165) is 37.1 Å². The highest BCUT2D eigenvalue weighted by atomic mass is 16.1. The van der Waals surface area contributed by atoms with Gasteiger partial charge in [-0.05, 0) is 31.2 Å². The molecular weight excluding hydrogens is 334 g/mol. The third-order valence-electron chi connectivity index (χ3n) is 6.65. The normalized spacial score (nSPS) is 18.6. The van der Waals surface area contributed by atoms with Crippen molar-refractivity contribution >= 4 is 11.6 Å². The summed E-state index contributed by atoms with van der Waals surface area (Å²) in [4.78, 5) is 13.2. The Balaban J connectivity index is 1.94. The van der Waals surface area contributed by atoms with Gasteiger partial charge in [0.25, 0.3) is 0 Å². The Kier molecular flexibility index (Phi) is 5.45. The molecule has 1 aliphatic heterocycles. The first-order valence-electron chi connectivity index (χ1n) is 10.3. The number of rotatable bonds is 7. The predicted molar refractivity (Wildman–Crippen MR) is 111 cm³/mol. The molecule has 1 aliphatic rings. The van der Waals surface area contributed by atoms with Crippen LogP contribution in [0.1, 0.15) is 88.7 Å². The fourth-order valence-corrected chi connectivity index (χ4v) is 4.40. The lowest BCUT2D eigenvalue weighted by Gasteiger charge is -2.38. The number of fused-ring (bicyclic) bond motifs is 1. The third-order valence-corrected chi connectivity index (χ3v) is 6.65. The lowest BCUT2D eigenvalue weighted by molar-refractivity contribution is 0.0893. The van der Waals surface area contributed by atoms with E-state index >= 15 is 0 Å². The number of aromatic nitrogens is 2. The highest BCUT2D eigenvalue weighted by Crippen LogP contribution is 2.42. The van der Waals surface area contributed by atoms with E-state index in [2.05, 4.69) is 69.3 Å². The quantitative estimate of drug-likeness (QED) is 0.614. The van der Waals surface area contributed by atoms with Crippen LogP contribution in [0.4, 0.5) is 5.82 Å². The standard InChI is InChI=1S/C23H33N3O/c1-6-23(7-2,8-3)15-20(27)18-16-24-26-21(18)25-19(14-22(26,4)5)17-12-10-9-11-13-17/h9-13,16,19,25H,6-8,14-15H2,1-5H3. The SMILES string of the molecule is CCC(CC)(CC)CC(=O)c1cnn2c1NC(c1ccccc1)CC2(C)C. The Morgan fingerprint density at radius 3 is 2.41 bits per heavy atom. The lowest BCUT2D eigenvalue weighted by atomic mass is 9.75. The third kappa shape index (κ3) is 3.67. The van der Waals surface area contributed by atoms with Crippen LogP contribution in [0.5, 0.6) is 0 Å². The van der Waals surface area contributed by atoms with Crippen molar-refractivity contribution in [3.63, 3.8) is 0 Å². The van der Waals surface area contributed by atoms with Gasteiger partial charge in [-0.25, -0.2) is 4.68 Å². The first-order valence-corrected chi connectivity index (χ1v) is 10.3. The van der Waals surface area contributed by atoms with E-state index < -0.39 is 0 Å². The number of carbonyl (C=O) groups excluding carboxylic acids is 1. The molecule has 1 unspecified atom stereocenters. The van der Waals surface area contributed by atoms with E-state index in [1.165, 1.54) is 5.56 Å². The number of carbonyl (C=O) groups is 1. The molecular formula is C23H33N3O. The molecule has 0 saturated carbocycles. The molecule has 3 rings (SSSR count). The first kappa shape index (κ1) is 19.7. The smallest absolute Gasteiger partial charge is 0.168 e. The zero-order valence-corrected chi connectivity index (χ0v) is 17.4. The van der Waals surface area contributed by atoms with Crippen LogP contribution in [0.2, 0.25) is 0 Å². The number of nitrogens with one attached hydrogen (secondary N) is 1. The zero-order valence-electron chi connectivity index (χ0n) is 17.4. The number of hydrogen-bond acceptors (Lipinski definition) is 3. The summed E-state index contributed by atoms with van der Waals surface area (Å²) in [6, 6.07) is 10.7. The van der Waals surface area contributed by atoms with Crippen LogP contribution < -0.4 is 5.32 Å². The summed E-state index contributed by atoms with van der Waals surface area (Å²) in [7, 11) is 0. The van der Waals surface area contributed by atoms with Crippen LogP contribution in [0.3, 0.4) is 0 Å². The van der Waals surface area contributed by atoms with Gasteiger partial charge in [-0.15, -0.1) is 0 Å². The molecule has 1 aromatic carbocycles. The first-order chi connectivity index (χ1) is 12.9. The molecule has 27 heavy (non-hydrogen) atoms. The maximum absolute atomic E-state index is 13.2.